The van der Waals surface area contributed by atoms with Crippen LogP contribution in [0.2, 0.25) is 5.15 Å². The van der Waals surface area contributed by atoms with Gasteiger partial charge in [-0.05, 0) is 25.3 Å². The molecule has 1 amide bonds. The number of nitrogens with one attached hydrogen (secondary N) is 1. The van der Waals surface area contributed by atoms with Gasteiger partial charge < -0.3 is 0 Å². The van der Waals surface area contributed by atoms with Gasteiger partial charge in [0.25, 0.3) is 0 Å². The quantitative estimate of drug-likeness (QED) is 0.806. The van der Waals surface area contributed by atoms with Gasteiger partial charge in [0.05, 0.1) is 5.69 Å². The van der Waals surface area contributed by atoms with Gasteiger partial charge in [-0.15, -0.1) is 10.2 Å². The van der Waals surface area contributed by atoms with Crippen molar-refractivity contribution in [1.29, 1.82) is 0 Å². The number of carbonyl (C=O) groups excluding carboxylic acids is 1. The van der Waals surface area contributed by atoms with Crippen LogP contribution in [0, 0.1) is 12.8 Å². The summed E-state index contributed by atoms with van der Waals surface area (Å²) in [6, 6.07) is 0. The Morgan fingerprint density at radius 3 is 2.78 bits per heavy atom. The Kier molecular flexibility index (Phi) is 5.90. The summed E-state index contributed by atoms with van der Waals surface area (Å²) in [6.45, 7) is 8.81. The molecule has 0 atom stereocenters. The Morgan fingerprint density at radius 2 is 2.17 bits per heavy atom. The lowest BCUT2D eigenvalue weighted by atomic mass is 10.2. The molecule has 6 nitrogen and oxygen atoms in total. The zero-order valence-electron chi connectivity index (χ0n) is 13.6. The lowest BCUT2D eigenvalue weighted by molar-refractivity contribution is -0.111. The number of anilines is 1. The van der Waals surface area contributed by atoms with Crippen molar-refractivity contribution in [3.05, 3.63) is 27.5 Å². The van der Waals surface area contributed by atoms with Crippen LogP contribution in [0.25, 0.3) is 6.08 Å². The summed E-state index contributed by atoms with van der Waals surface area (Å²) in [6.07, 6.45) is 3.91. The molecule has 2 rings (SSSR count). The molecule has 0 aromatic carbocycles. The predicted octanol–water partition coefficient (Wildman–Crippen LogP) is 3.57. The summed E-state index contributed by atoms with van der Waals surface area (Å²) in [4.78, 5) is 12.0. The van der Waals surface area contributed by atoms with Crippen LogP contribution in [0.3, 0.4) is 0 Å². The van der Waals surface area contributed by atoms with E-state index >= 15 is 0 Å². The average Bonchev–Trinajstić information content (AvgIpc) is 3.02. The zero-order chi connectivity index (χ0) is 17.0. The molecule has 0 radical (unpaired) electrons. The first-order valence-corrected chi connectivity index (χ1v) is 8.64. The van der Waals surface area contributed by atoms with Crippen LogP contribution in [0.1, 0.15) is 37.0 Å². The van der Waals surface area contributed by atoms with Crippen molar-refractivity contribution < 1.29 is 4.79 Å². The molecule has 0 saturated carbocycles. The number of aromatic nitrogens is 4. The Bertz CT molecular complexity index is 720. The number of hydrogen-bond donors (Lipinski definition) is 1. The summed E-state index contributed by atoms with van der Waals surface area (Å²) < 4.78 is 1.76. The van der Waals surface area contributed by atoms with E-state index in [2.05, 4.69) is 34.5 Å². The number of aryl methyl sites for hydroxylation is 2. The molecule has 0 aliphatic carbocycles. The molecule has 2 aromatic rings. The topological polar surface area (TPSA) is 72.7 Å². The number of hydrogen-bond acceptors (Lipinski definition) is 5. The molecular weight excluding hydrogens is 334 g/mol. The fourth-order valence-electron chi connectivity index (χ4n) is 1.98. The molecule has 0 aliphatic heterocycles. The van der Waals surface area contributed by atoms with Crippen molar-refractivity contribution >= 4 is 40.1 Å². The van der Waals surface area contributed by atoms with Gasteiger partial charge in [-0.25, -0.2) is 0 Å². The second-order valence-corrected chi connectivity index (χ2v) is 6.96. The molecule has 0 bridgehead atoms. The fraction of sp³-hybridized carbons (Fsp3) is 0.467. The number of rotatable bonds is 6. The third kappa shape index (κ3) is 4.62. The standard InChI is InChI=1S/C15H20ClN5OS/c1-5-13-18-19-15(23-13)17-12(22)7-6-11-10(4)20-21(14(11)16)8-9(2)3/h6-7,9H,5,8H2,1-4H3,(H,17,19,22)/b7-6+. The highest BCUT2D eigenvalue weighted by atomic mass is 35.5. The number of nitrogens with zero attached hydrogens (tertiary/aromatic N) is 4. The summed E-state index contributed by atoms with van der Waals surface area (Å²) in [5.41, 5.74) is 1.55. The summed E-state index contributed by atoms with van der Waals surface area (Å²) in [5.74, 6) is 0.174. The minimum absolute atomic E-state index is 0.268. The summed E-state index contributed by atoms with van der Waals surface area (Å²) in [5, 5.41) is 16.9. The maximum Gasteiger partial charge on any atom is 0.250 e. The Balaban J connectivity index is 2.07. The van der Waals surface area contributed by atoms with E-state index < -0.39 is 0 Å². The molecule has 0 spiro atoms. The van der Waals surface area contributed by atoms with Gasteiger partial charge in [-0.3, -0.25) is 14.8 Å². The van der Waals surface area contributed by atoms with E-state index in [1.807, 2.05) is 13.8 Å². The van der Waals surface area contributed by atoms with E-state index in [4.69, 9.17) is 11.6 Å². The van der Waals surface area contributed by atoms with Crippen molar-refractivity contribution in [2.45, 2.75) is 40.7 Å². The van der Waals surface area contributed by atoms with Gasteiger partial charge in [0, 0.05) is 18.2 Å². The van der Waals surface area contributed by atoms with Crippen molar-refractivity contribution in [1.82, 2.24) is 20.0 Å². The monoisotopic (exact) mass is 353 g/mol. The number of carbonyl (C=O) groups is 1. The number of halogens is 1. The Labute approximate surface area is 144 Å². The molecule has 2 aromatic heterocycles. The minimum atomic E-state index is -0.268. The van der Waals surface area contributed by atoms with Crippen molar-refractivity contribution in [3.8, 4) is 0 Å². The SMILES string of the molecule is CCc1nnc(NC(=O)/C=C/c2c(C)nn(CC(C)C)c2Cl)s1. The minimum Gasteiger partial charge on any atom is -0.297 e. The third-order valence-corrected chi connectivity index (χ3v) is 4.43. The lowest BCUT2D eigenvalue weighted by Gasteiger charge is -2.05. The van der Waals surface area contributed by atoms with Gasteiger partial charge in [0.2, 0.25) is 11.0 Å². The summed E-state index contributed by atoms with van der Waals surface area (Å²) >= 11 is 7.71. The second kappa shape index (κ2) is 7.70. The molecule has 0 aliphatic rings. The van der Waals surface area contributed by atoms with Crippen LogP contribution in [-0.2, 0) is 17.8 Å². The van der Waals surface area contributed by atoms with Crippen molar-refractivity contribution in [3.63, 3.8) is 0 Å². The lowest BCUT2D eigenvalue weighted by Crippen LogP contribution is -2.07. The van der Waals surface area contributed by atoms with E-state index in [1.54, 1.807) is 10.8 Å². The van der Waals surface area contributed by atoms with Crippen molar-refractivity contribution in [2.24, 2.45) is 5.92 Å². The maximum atomic E-state index is 12.0. The van der Waals surface area contributed by atoms with Crippen LogP contribution < -0.4 is 5.32 Å². The van der Waals surface area contributed by atoms with Gasteiger partial charge >= 0.3 is 0 Å². The molecule has 0 saturated heterocycles. The molecule has 0 unspecified atom stereocenters. The number of amides is 1. The molecular formula is C15H20ClN5OS. The molecule has 1 N–H and O–H groups in total. The van der Waals surface area contributed by atoms with E-state index in [0.717, 1.165) is 29.2 Å². The van der Waals surface area contributed by atoms with Crippen LogP contribution in [-0.4, -0.2) is 25.9 Å². The molecule has 2 heterocycles. The van der Waals surface area contributed by atoms with E-state index in [-0.39, 0.29) is 5.91 Å². The van der Waals surface area contributed by atoms with Crippen LogP contribution in [0.4, 0.5) is 5.13 Å². The van der Waals surface area contributed by atoms with Gasteiger partial charge in [-0.2, -0.15) is 5.10 Å². The van der Waals surface area contributed by atoms with E-state index in [0.29, 0.717) is 16.2 Å². The van der Waals surface area contributed by atoms with Crippen LogP contribution in [0.15, 0.2) is 6.08 Å². The Morgan fingerprint density at radius 1 is 1.43 bits per heavy atom. The van der Waals surface area contributed by atoms with Crippen LogP contribution in [0.5, 0.6) is 0 Å². The molecule has 0 fully saturated rings. The highest BCUT2D eigenvalue weighted by Crippen LogP contribution is 2.22. The van der Waals surface area contributed by atoms with Gasteiger partial charge in [-0.1, -0.05) is 43.7 Å². The summed E-state index contributed by atoms with van der Waals surface area (Å²) in [7, 11) is 0. The second-order valence-electron chi connectivity index (χ2n) is 5.54. The first kappa shape index (κ1) is 17.6. The Hall–Kier alpha value is -1.73. The van der Waals surface area contributed by atoms with Gasteiger partial charge in [0.1, 0.15) is 10.2 Å². The van der Waals surface area contributed by atoms with Crippen molar-refractivity contribution in [2.75, 3.05) is 5.32 Å². The highest BCUT2D eigenvalue weighted by Gasteiger charge is 2.12. The van der Waals surface area contributed by atoms with E-state index in [9.17, 15) is 4.79 Å². The molecule has 23 heavy (non-hydrogen) atoms. The third-order valence-electron chi connectivity index (χ3n) is 3.05. The van der Waals surface area contributed by atoms with Crippen LogP contribution >= 0.6 is 22.9 Å². The highest BCUT2D eigenvalue weighted by molar-refractivity contribution is 7.15. The first-order chi connectivity index (χ1) is 10.9. The zero-order valence-corrected chi connectivity index (χ0v) is 15.2. The first-order valence-electron chi connectivity index (χ1n) is 7.45. The maximum absolute atomic E-state index is 12.0. The van der Waals surface area contributed by atoms with Gasteiger partial charge in [0.15, 0.2) is 0 Å². The average molecular weight is 354 g/mol. The predicted molar refractivity (Wildman–Crippen MR) is 93.8 cm³/mol. The normalized spacial score (nSPS) is 11.6. The van der Waals surface area contributed by atoms with E-state index in [1.165, 1.54) is 17.4 Å². The smallest absolute Gasteiger partial charge is 0.250 e. The fourth-order valence-corrected chi connectivity index (χ4v) is 2.97. The largest absolute Gasteiger partial charge is 0.297 e. The molecule has 8 heteroatoms. The molecule has 124 valence electrons.